The Morgan fingerprint density at radius 1 is 1.31 bits per heavy atom. The van der Waals surface area contributed by atoms with Crippen LogP contribution in [0, 0.1) is 0 Å². The van der Waals surface area contributed by atoms with Gasteiger partial charge in [0, 0.05) is 38.3 Å². The van der Waals surface area contributed by atoms with E-state index in [-0.39, 0.29) is 5.57 Å². The lowest BCUT2D eigenvalue weighted by Gasteiger charge is -2.42. The molecule has 0 unspecified atom stereocenters. The van der Waals surface area contributed by atoms with E-state index in [4.69, 9.17) is 9.84 Å². The lowest BCUT2D eigenvalue weighted by molar-refractivity contribution is -0.133. The number of hydrogen-bond donors (Lipinski definition) is 1. The largest absolute Gasteiger partial charge is 0.478 e. The summed E-state index contributed by atoms with van der Waals surface area (Å²) < 4.78 is 5.16. The molecule has 2 fully saturated rings. The minimum absolute atomic E-state index is 0.278. The number of carbonyl (C=O) groups is 1. The predicted octanol–water partition coefficient (Wildman–Crippen LogP) is -0.356. The number of rotatable bonds is 4. The van der Waals surface area contributed by atoms with E-state index in [1.54, 1.807) is 0 Å². The van der Waals surface area contributed by atoms with Crippen molar-refractivity contribution in [1.82, 2.24) is 9.80 Å². The Morgan fingerprint density at radius 3 is 2.38 bits per heavy atom. The molecule has 0 amide bonds. The van der Waals surface area contributed by atoms with Gasteiger partial charge >= 0.3 is 5.97 Å². The smallest absolute Gasteiger partial charge is 0.332 e. The monoisotopic (exact) mass is 226 g/mol. The van der Waals surface area contributed by atoms with Crippen LogP contribution >= 0.6 is 0 Å². The summed E-state index contributed by atoms with van der Waals surface area (Å²) in [5.74, 6) is -0.894. The van der Waals surface area contributed by atoms with Crippen molar-refractivity contribution in [2.75, 3.05) is 45.9 Å². The first kappa shape index (κ1) is 11.6. The van der Waals surface area contributed by atoms with Crippen LogP contribution in [0.15, 0.2) is 12.2 Å². The molecule has 90 valence electrons. The molecule has 0 aromatic carbocycles. The van der Waals surface area contributed by atoms with Crippen LogP contribution in [-0.2, 0) is 9.53 Å². The molecule has 0 radical (unpaired) electrons. The molecule has 2 heterocycles. The Morgan fingerprint density at radius 2 is 1.94 bits per heavy atom. The first-order valence-corrected chi connectivity index (χ1v) is 5.62. The molecule has 2 saturated heterocycles. The molecule has 0 aromatic heterocycles. The second-order valence-electron chi connectivity index (χ2n) is 4.41. The highest BCUT2D eigenvalue weighted by atomic mass is 16.5. The van der Waals surface area contributed by atoms with E-state index in [9.17, 15) is 4.79 Å². The van der Waals surface area contributed by atoms with Gasteiger partial charge in [0.15, 0.2) is 0 Å². The van der Waals surface area contributed by atoms with Crippen molar-refractivity contribution in [2.45, 2.75) is 6.04 Å². The molecule has 0 spiro atoms. The Labute approximate surface area is 95.3 Å². The normalized spacial score (nSPS) is 24.0. The van der Waals surface area contributed by atoms with Crippen LogP contribution in [0.5, 0.6) is 0 Å². The topological polar surface area (TPSA) is 53.0 Å². The molecule has 0 atom stereocenters. The van der Waals surface area contributed by atoms with Crippen molar-refractivity contribution in [3.05, 3.63) is 12.2 Å². The van der Waals surface area contributed by atoms with Gasteiger partial charge in [-0.2, -0.15) is 0 Å². The van der Waals surface area contributed by atoms with Gasteiger partial charge in [-0.25, -0.2) is 4.79 Å². The molecule has 1 N–H and O–H groups in total. The number of hydrogen-bond acceptors (Lipinski definition) is 4. The van der Waals surface area contributed by atoms with E-state index in [1.807, 2.05) is 0 Å². The van der Waals surface area contributed by atoms with E-state index in [1.165, 1.54) is 0 Å². The maximum atomic E-state index is 10.6. The second-order valence-corrected chi connectivity index (χ2v) is 4.41. The summed E-state index contributed by atoms with van der Waals surface area (Å²) in [4.78, 5) is 15.2. The number of piperazine rings is 1. The van der Waals surface area contributed by atoms with E-state index in [0.717, 1.165) is 39.4 Å². The molecule has 0 bridgehead atoms. The highest BCUT2D eigenvalue weighted by molar-refractivity contribution is 5.86. The number of carboxylic acid groups (broad SMARTS) is 1. The third-order valence-corrected chi connectivity index (χ3v) is 3.26. The minimum atomic E-state index is -0.894. The summed E-state index contributed by atoms with van der Waals surface area (Å²) >= 11 is 0. The molecule has 2 aliphatic heterocycles. The zero-order valence-electron chi connectivity index (χ0n) is 9.39. The average molecular weight is 226 g/mol. The summed E-state index contributed by atoms with van der Waals surface area (Å²) in [5.41, 5.74) is 0.278. The first-order valence-electron chi connectivity index (χ1n) is 5.62. The summed E-state index contributed by atoms with van der Waals surface area (Å²) in [7, 11) is 0. The highest BCUT2D eigenvalue weighted by Gasteiger charge is 2.29. The number of ether oxygens (including phenoxy) is 1. The number of carboxylic acids is 1. The van der Waals surface area contributed by atoms with Gasteiger partial charge in [0.05, 0.1) is 19.3 Å². The van der Waals surface area contributed by atoms with Crippen LogP contribution in [-0.4, -0.2) is 72.9 Å². The van der Waals surface area contributed by atoms with Crippen LogP contribution < -0.4 is 0 Å². The number of aliphatic carboxylic acids is 1. The average Bonchev–Trinajstić information content (AvgIpc) is 2.18. The van der Waals surface area contributed by atoms with Gasteiger partial charge in [0.25, 0.3) is 0 Å². The fourth-order valence-corrected chi connectivity index (χ4v) is 2.06. The van der Waals surface area contributed by atoms with Gasteiger partial charge in [0.2, 0.25) is 0 Å². The van der Waals surface area contributed by atoms with E-state index >= 15 is 0 Å². The SMILES string of the molecule is C=C(CN1CCN(C2COC2)CC1)C(=O)O. The summed E-state index contributed by atoms with van der Waals surface area (Å²) in [6.45, 7) is 9.57. The predicted molar refractivity (Wildman–Crippen MR) is 59.4 cm³/mol. The lowest BCUT2D eigenvalue weighted by Crippen LogP contribution is -2.56. The third kappa shape index (κ3) is 2.61. The quantitative estimate of drug-likeness (QED) is 0.664. The molecule has 2 rings (SSSR count). The summed E-state index contributed by atoms with van der Waals surface area (Å²) in [6.07, 6.45) is 0. The van der Waals surface area contributed by atoms with Gasteiger partial charge in [-0.05, 0) is 0 Å². The van der Waals surface area contributed by atoms with Crippen LogP contribution in [0.3, 0.4) is 0 Å². The molecule has 0 aliphatic carbocycles. The lowest BCUT2D eigenvalue weighted by atomic mass is 10.1. The fourth-order valence-electron chi connectivity index (χ4n) is 2.06. The zero-order valence-corrected chi connectivity index (χ0v) is 9.39. The Hall–Kier alpha value is -0.910. The summed E-state index contributed by atoms with van der Waals surface area (Å²) in [5, 5.41) is 8.75. The van der Waals surface area contributed by atoms with Gasteiger partial charge in [0.1, 0.15) is 0 Å². The van der Waals surface area contributed by atoms with Crippen LogP contribution in [0.2, 0.25) is 0 Å². The van der Waals surface area contributed by atoms with Gasteiger partial charge < -0.3 is 9.84 Å². The molecule has 0 aromatic rings. The molecule has 2 aliphatic rings. The Kier molecular flexibility index (Phi) is 3.58. The molecular formula is C11H18N2O3. The van der Waals surface area contributed by atoms with Crippen LogP contribution in [0.1, 0.15) is 0 Å². The van der Waals surface area contributed by atoms with E-state index in [0.29, 0.717) is 12.6 Å². The highest BCUT2D eigenvalue weighted by Crippen LogP contribution is 2.13. The minimum Gasteiger partial charge on any atom is -0.478 e. The zero-order chi connectivity index (χ0) is 11.5. The summed E-state index contributed by atoms with van der Waals surface area (Å²) in [6, 6.07) is 0.588. The standard InChI is InChI=1S/C11H18N2O3/c1-9(11(14)15)6-12-2-4-13(5-3-12)10-7-16-8-10/h10H,1-8H2,(H,14,15). The van der Waals surface area contributed by atoms with E-state index in [2.05, 4.69) is 16.4 Å². The van der Waals surface area contributed by atoms with Crippen molar-refractivity contribution in [3.63, 3.8) is 0 Å². The maximum Gasteiger partial charge on any atom is 0.332 e. The molecule has 5 heteroatoms. The molecule has 0 saturated carbocycles. The van der Waals surface area contributed by atoms with Gasteiger partial charge in [-0.15, -0.1) is 0 Å². The van der Waals surface area contributed by atoms with E-state index < -0.39 is 5.97 Å². The first-order chi connectivity index (χ1) is 7.66. The second kappa shape index (κ2) is 4.95. The van der Waals surface area contributed by atoms with Crippen molar-refractivity contribution in [1.29, 1.82) is 0 Å². The van der Waals surface area contributed by atoms with Crippen LogP contribution in [0.4, 0.5) is 0 Å². The van der Waals surface area contributed by atoms with Gasteiger partial charge in [-0.3, -0.25) is 9.80 Å². The fraction of sp³-hybridized carbons (Fsp3) is 0.727. The molecule has 5 nitrogen and oxygen atoms in total. The molecular weight excluding hydrogens is 208 g/mol. The molecule has 16 heavy (non-hydrogen) atoms. The Balaban J connectivity index is 1.72. The third-order valence-electron chi connectivity index (χ3n) is 3.26. The number of nitrogens with zero attached hydrogens (tertiary/aromatic N) is 2. The Bertz CT molecular complexity index is 281. The van der Waals surface area contributed by atoms with Crippen molar-refractivity contribution >= 4 is 5.97 Å². The van der Waals surface area contributed by atoms with Crippen molar-refractivity contribution in [2.24, 2.45) is 0 Å². The maximum absolute atomic E-state index is 10.6. The van der Waals surface area contributed by atoms with Crippen molar-refractivity contribution in [3.8, 4) is 0 Å². The van der Waals surface area contributed by atoms with Crippen LogP contribution in [0.25, 0.3) is 0 Å². The van der Waals surface area contributed by atoms with Crippen molar-refractivity contribution < 1.29 is 14.6 Å². The van der Waals surface area contributed by atoms with Gasteiger partial charge in [-0.1, -0.05) is 6.58 Å².